The molecule has 0 saturated carbocycles. The Labute approximate surface area is 124 Å². The number of anilines is 1. The van der Waals surface area contributed by atoms with E-state index in [1.54, 1.807) is 11.8 Å². The molecule has 0 unspecified atom stereocenters. The van der Waals surface area contributed by atoms with Crippen molar-refractivity contribution in [2.24, 2.45) is 0 Å². The molecule has 1 aromatic carbocycles. The maximum Gasteiger partial charge on any atom is 0.251 e. The first kappa shape index (κ1) is 13.8. The van der Waals surface area contributed by atoms with Crippen molar-refractivity contribution in [1.82, 2.24) is 10.6 Å². The second-order valence-electron chi connectivity index (χ2n) is 5.26. The Kier molecular flexibility index (Phi) is 4.17. The van der Waals surface area contributed by atoms with Crippen molar-refractivity contribution in [1.29, 1.82) is 0 Å². The molecule has 20 heavy (non-hydrogen) atoms. The van der Waals surface area contributed by atoms with Crippen LogP contribution in [-0.2, 0) is 13.0 Å². The third-order valence-electron chi connectivity index (χ3n) is 4.02. The normalized spacial score (nSPS) is 16.8. The number of hydrogen-bond acceptors (Lipinski definition) is 4. The van der Waals surface area contributed by atoms with E-state index in [1.165, 1.54) is 16.8 Å². The van der Waals surface area contributed by atoms with Crippen LogP contribution >= 0.6 is 11.8 Å². The highest BCUT2D eigenvalue weighted by atomic mass is 32.2. The lowest BCUT2D eigenvalue weighted by atomic mass is 10.00. The van der Waals surface area contributed by atoms with Crippen LogP contribution in [0.4, 0.5) is 5.69 Å². The summed E-state index contributed by atoms with van der Waals surface area (Å²) in [6.07, 6.45) is 3.05. The fourth-order valence-electron chi connectivity index (χ4n) is 3.07. The summed E-state index contributed by atoms with van der Waals surface area (Å²) in [5, 5.41) is 6.46. The van der Waals surface area contributed by atoms with Gasteiger partial charge in [0.1, 0.15) is 0 Å². The van der Waals surface area contributed by atoms with Gasteiger partial charge in [0.05, 0.1) is 0 Å². The molecule has 2 heterocycles. The molecule has 1 amide bonds. The molecular weight excluding hydrogens is 270 g/mol. The van der Waals surface area contributed by atoms with E-state index in [9.17, 15) is 4.79 Å². The van der Waals surface area contributed by atoms with E-state index in [1.807, 2.05) is 6.07 Å². The lowest BCUT2D eigenvalue weighted by molar-refractivity contribution is 0.0955. The minimum Gasteiger partial charge on any atom is -0.369 e. The summed E-state index contributed by atoms with van der Waals surface area (Å²) in [6, 6.07) is 4.11. The number of thioether (sulfide) groups is 1. The van der Waals surface area contributed by atoms with Gasteiger partial charge < -0.3 is 15.5 Å². The summed E-state index contributed by atoms with van der Waals surface area (Å²) in [7, 11) is 0. The average molecular weight is 291 g/mol. The van der Waals surface area contributed by atoms with Gasteiger partial charge in [-0.05, 0) is 29.9 Å². The zero-order valence-corrected chi connectivity index (χ0v) is 12.7. The summed E-state index contributed by atoms with van der Waals surface area (Å²) >= 11 is 1.75. The highest BCUT2D eigenvalue weighted by Gasteiger charge is 2.28. The highest BCUT2D eigenvalue weighted by molar-refractivity contribution is 7.98. The van der Waals surface area contributed by atoms with Crippen molar-refractivity contribution in [3.05, 3.63) is 28.8 Å². The Bertz CT molecular complexity index is 518. The fourth-order valence-corrected chi connectivity index (χ4v) is 3.37. The molecule has 2 N–H and O–H groups in total. The van der Waals surface area contributed by atoms with Gasteiger partial charge in [-0.3, -0.25) is 4.79 Å². The zero-order chi connectivity index (χ0) is 13.9. The van der Waals surface area contributed by atoms with Gasteiger partial charge >= 0.3 is 0 Å². The minimum absolute atomic E-state index is 0.0795. The van der Waals surface area contributed by atoms with Crippen LogP contribution in [0.2, 0.25) is 0 Å². The Morgan fingerprint density at radius 2 is 2.35 bits per heavy atom. The molecule has 1 aromatic rings. The molecule has 0 saturated heterocycles. The summed E-state index contributed by atoms with van der Waals surface area (Å²) in [6.45, 7) is 4.75. The molecule has 2 aliphatic heterocycles. The van der Waals surface area contributed by atoms with Gasteiger partial charge in [0, 0.05) is 49.7 Å². The van der Waals surface area contributed by atoms with Crippen LogP contribution in [0.1, 0.15) is 21.5 Å². The molecule has 4 nitrogen and oxygen atoms in total. The van der Waals surface area contributed by atoms with Crippen LogP contribution in [0, 0.1) is 0 Å². The van der Waals surface area contributed by atoms with Crippen molar-refractivity contribution >= 4 is 23.4 Å². The number of hydrogen-bond donors (Lipinski definition) is 2. The third kappa shape index (κ3) is 2.52. The van der Waals surface area contributed by atoms with Crippen LogP contribution < -0.4 is 15.5 Å². The van der Waals surface area contributed by atoms with Crippen molar-refractivity contribution in [3.63, 3.8) is 0 Å². The monoisotopic (exact) mass is 291 g/mol. The molecule has 108 valence electrons. The highest BCUT2D eigenvalue weighted by Crippen LogP contribution is 2.35. The number of carbonyl (C=O) groups is 1. The van der Waals surface area contributed by atoms with Crippen LogP contribution in [0.5, 0.6) is 0 Å². The van der Waals surface area contributed by atoms with Crippen molar-refractivity contribution < 1.29 is 4.79 Å². The predicted molar refractivity (Wildman–Crippen MR) is 84.8 cm³/mol. The molecule has 2 aliphatic rings. The summed E-state index contributed by atoms with van der Waals surface area (Å²) in [5.41, 5.74) is 4.75. The van der Waals surface area contributed by atoms with E-state index >= 15 is 0 Å². The predicted octanol–water partition coefficient (Wildman–Crippen LogP) is 1.25. The lowest BCUT2D eigenvalue weighted by Gasteiger charge is -2.19. The van der Waals surface area contributed by atoms with Crippen LogP contribution in [-0.4, -0.2) is 44.1 Å². The minimum atomic E-state index is 0.0795. The third-order valence-corrected chi connectivity index (χ3v) is 4.64. The second-order valence-corrected chi connectivity index (χ2v) is 6.25. The van der Waals surface area contributed by atoms with Crippen LogP contribution in [0.3, 0.4) is 0 Å². The molecule has 0 fully saturated rings. The van der Waals surface area contributed by atoms with Gasteiger partial charge in [-0.25, -0.2) is 0 Å². The van der Waals surface area contributed by atoms with E-state index in [-0.39, 0.29) is 5.91 Å². The summed E-state index contributed by atoms with van der Waals surface area (Å²) in [5.74, 6) is 1.04. The standard InChI is InChI=1S/C15H21N3OS/c1-20-9-6-17-15(19)13-3-2-11-10-16-5-8-18-7-4-12(13)14(11)18/h2-3,16H,4-10H2,1H3,(H,17,19). The van der Waals surface area contributed by atoms with Gasteiger partial charge in [-0.2, -0.15) is 11.8 Å². The molecule has 0 spiro atoms. The zero-order valence-electron chi connectivity index (χ0n) is 11.9. The van der Waals surface area contributed by atoms with Crippen LogP contribution in [0.15, 0.2) is 12.1 Å². The first-order valence-corrected chi connectivity index (χ1v) is 8.58. The second kappa shape index (κ2) is 6.06. The SMILES string of the molecule is CSCCNC(=O)c1ccc2c3c1CCN3CCNC2. The smallest absolute Gasteiger partial charge is 0.251 e. The maximum absolute atomic E-state index is 12.3. The van der Waals surface area contributed by atoms with Crippen molar-refractivity contribution in [2.75, 3.05) is 43.1 Å². The van der Waals surface area contributed by atoms with Crippen molar-refractivity contribution in [2.45, 2.75) is 13.0 Å². The largest absolute Gasteiger partial charge is 0.369 e. The lowest BCUT2D eigenvalue weighted by Crippen LogP contribution is -2.27. The van der Waals surface area contributed by atoms with Gasteiger partial charge in [0.25, 0.3) is 5.91 Å². The Hall–Kier alpha value is -1.20. The molecule has 0 radical (unpaired) electrons. The topological polar surface area (TPSA) is 44.4 Å². The van der Waals surface area contributed by atoms with E-state index in [0.29, 0.717) is 0 Å². The van der Waals surface area contributed by atoms with Crippen molar-refractivity contribution in [3.8, 4) is 0 Å². The van der Waals surface area contributed by atoms with E-state index in [2.05, 4.69) is 27.9 Å². The average Bonchev–Trinajstić information content (AvgIpc) is 2.76. The number of carbonyl (C=O) groups excluding carboxylic acids is 1. The van der Waals surface area contributed by atoms with Gasteiger partial charge in [-0.15, -0.1) is 0 Å². The summed E-state index contributed by atoms with van der Waals surface area (Å²) in [4.78, 5) is 14.8. The number of rotatable bonds is 4. The number of nitrogens with zero attached hydrogens (tertiary/aromatic N) is 1. The Morgan fingerprint density at radius 3 is 3.20 bits per heavy atom. The van der Waals surface area contributed by atoms with E-state index < -0.39 is 0 Å². The number of nitrogens with one attached hydrogen (secondary N) is 2. The van der Waals surface area contributed by atoms with Gasteiger partial charge in [0.15, 0.2) is 0 Å². The summed E-state index contributed by atoms with van der Waals surface area (Å²) < 4.78 is 0. The molecule has 0 aliphatic carbocycles. The van der Waals surface area contributed by atoms with Crippen LogP contribution in [0.25, 0.3) is 0 Å². The molecule has 0 atom stereocenters. The van der Waals surface area contributed by atoms with E-state index in [0.717, 1.165) is 50.5 Å². The van der Waals surface area contributed by atoms with Gasteiger partial charge in [-0.1, -0.05) is 6.07 Å². The molecule has 0 bridgehead atoms. The molecule has 3 rings (SSSR count). The van der Waals surface area contributed by atoms with E-state index in [4.69, 9.17) is 0 Å². The fraction of sp³-hybridized carbons (Fsp3) is 0.533. The first-order valence-electron chi connectivity index (χ1n) is 7.19. The quantitative estimate of drug-likeness (QED) is 0.820. The first-order chi connectivity index (χ1) is 9.81. The molecular formula is C15H21N3OS. The Morgan fingerprint density at radius 1 is 1.45 bits per heavy atom. The molecule has 0 aromatic heterocycles. The number of benzene rings is 1. The molecule has 5 heteroatoms. The van der Waals surface area contributed by atoms with Gasteiger partial charge in [0.2, 0.25) is 0 Å². The maximum atomic E-state index is 12.3. The number of amides is 1. The Balaban J connectivity index is 1.87.